The average Bonchev–Trinajstić information content (AvgIpc) is 2.39. The molecule has 0 fully saturated rings. The van der Waals surface area contributed by atoms with E-state index in [4.69, 9.17) is 4.74 Å². The Labute approximate surface area is 115 Å². The number of carbonyl (C=O) groups excluding carboxylic acids is 1. The quantitative estimate of drug-likeness (QED) is 0.798. The second-order valence-electron chi connectivity index (χ2n) is 4.99. The van der Waals surface area contributed by atoms with Gasteiger partial charge in [-0.25, -0.2) is 4.79 Å². The molecule has 0 aliphatic heterocycles. The van der Waals surface area contributed by atoms with Gasteiger partial charge in [0.05, 0.1) is 6.61 Å². The lowest BCUT2D eigenvalue weighted by molar-refractivity contribution is -0.149. The maximum atomic E-state index is 12.0. The Morgan fingerprint density at radius 3 is 2.42 bits per heavy atom. The Morgan fingerprint density at radius 1 is 1.37 bits per heavy atom. The van der Waals surface area contributed by atoms with Crippen LogP contribution < -0.4 is 10.2 Å². The minimum absolute atomic E-state index is 0.225. The van der Waals surface area contributed by atoms with Gasteiger partial charge in [0.1, 0.15) is 5.54 Å². The first-order valence-electron chi connectivity index (χ1n) is 6.57. The molecule has 0 amide bonds. The number of nitrogens with one attached hydrogen (secondary N) is 1. The standard InChI is InChI=1S/C15H24N2O2/c1-6-19-14(18)15(3,16-4)11-17(5)13-9-7-12(2)8-10-13/h7-10,16H,6,11H2,1-5H3. The zero-order valence-corrected chi connectivity index (χ0v) is 12.5. The minimum Gasteiger partial charge on any atom is -0.465 e. The topological polar surface area (TPSA) is 41.6 Å². The summed E-state index contributed by atoms with van der Waals surface area (Å²) in [6, 6.07) is 8.23. The van der Waals surface area contributed by atoms with E-state index in [-0.39, 0.29) is 5.97 Å². The molecule has 19 heavy (non-hydrogen) atoms. The number of hydrogen-bond acceptors (Lipinski definition) is 4. The first kappa shape index (κ1) is 15.5. The number of aryl methyl sites for hydroxylation is 1. The molecule has 0 bridgehead atoms. The summed E-state index contributed by atoms with van der Waals surface area (Å²) in [6.07, 6.45) is 0. The number of esters is 1. The van der Waals surface area contributed by atoms with Gasteiger partial charge in [0.25, 0.3) is 0 Å². The monoisotopic (exact) mass is 264 g/mol. The normalized spacial score (nSPS) is 13.7. The van der Waals surface area contributed by atoms with Gasteiger partial charge in [0.15, 0.2) is 0 Å². The molecule has 1 unspecified atom stereocenters. The van der Waals surface area contributed by atoms with E-state index in [2.05, 4.69) is 36.5 Å². The van der Waals surface area contributed by atoms with Crippen molar-refractivity contribution in [2.24, 2.45) is 0 Å². The fraction of sp³-hybridized carbons (Fsp3) is 0.533. The van der Waals surface area contributed by atoms with Crippen molar-refractivity contribution in [3.05, 3.63) is 29.8 Å². The predicted molar refractivity (Wildman–Crippen MR) is 78.5 cm³/mol. The van der Waals surface area contributed by atoms with Crippen LogP contribution in [0.1, 0.15) is 19.4 Å². The van der Waals surface area contributed by atoms with Crippen LogP contribution in [-0.2, 0) is 9.53 Å². The van der Waals surface area contributed by atoms with E-state index in [1.807, 2.05) is 25.8 Å². The molecule has 4 nitrogen and oxygen atoms in total. The van der Waals surface area contributed by atoms with E-state index in [1.54, 1.807) is 7.05 Å². The van der Waals surface area contributed by atoms with Crippen LogP contribution in [0.2, 0.25) is 0 Å². The number of rotatable bonds is 6. The van der Waals surface area contributed by atoms with Crippen molar-refractivity contribution in [3.8, 4) is 0 Å². The van der Waals surface area contributed by atoms with Gasteiger partial charge in [-0.15, -0.1) is 0 Å². The summed E-state index contributed by atoms with van der Waals surface area (Å²) < 4.78 is 5.13. The number of anilines is 1. The first-order valence-corrected chi connectivity index (χ1v) is 6.57. The average molecular weight is 264 g/mol. The van der Waals surface area contributed by atoms with Crippen molar-refractivity contribution in [3.63, 3.8) is 0 Å². The predicted octanol–water partition coefficient (Wildman–Crippen LogP) is 1.97. The Balaban J connectivity index is 2.80. The fourth-order valence-corrected chi connectivity index (χ4v) is 1.90. The van der Waals surface area contributed by atoms with E-state index < -0.39 is 5.54 Å². The molecule has 4 heteroatoms. The molecule has 0 aliphatic rings. The highest BCUT2D eigenvalue weighted by molar-refractivity contribution is 5.81. The van der Waals surface area contributed by atoms with Gasteiger partial charge in [0, 0.05) is 19.3 Å². The van der Waals surface area contributed by atoms with Gasteiger partial charge in [-0.1, -0.05) is 17.7 Å². The highest BCUT2D eigenvalue weighted by Gasteiger charge is 2.34. The molecule has 1 rings (SSSR count). The molecular weight excluding hydrogens is 240 g/mol. The van der Waals surface area contributed by atoms with Gasteiger partial charge in [0.2, 0.25) is 0 Å². The lowest BCUT2D eigenvalue weighted by Crippen LogP contribution is -2.55. The third kappa shape index (κ3) is 3.96. The smallest absolute Gasteiger partial charge is 0.327 e. The lowest BCUT2D eigenvalue weighted by Gasteiger charge is -2.32. The van der Waals surface area contributed by atoms with Gasteiger partial charge in [-0.2, -0.15) is 0 Å². The Morgan fingerprint density at radius 2 is 1.95 bits per heavy atom. The Bertz CT molecular complexity index is 417. The van der Waals surface area contributed by atoms with Crippen molar-refractivity contribution in [2.45, 2.75) is 26.3 Å². The van der Waals surface area contributed by atoms with Crippen LogP contribution in [0.5, 0.6) is 0 Å². The fourth-order valence-electron chi connectivity index (χ4n) is 1.90. The zero-order chi connectivity index (χ0) is 14.5. The SMILES string of the molecule is CCOC(=O)C(C)(CN(C)c1ccc(C)cc1)NC. The number of nitrogens with zero attached hydrogens (tertiary/aromatic N) is 1. The third-order valence-corrected chi connectivity index (χ3v) is 3.31. The third-order valence-electron chi connectivity index (χ3n) is 3.31. The van der Waals surface area contributed by atoms with Crippen LogP contribution in [0, 0.1) is 6.92 Å². The Kier molecular flexibility index (Phi) is 5.36. The molecule has 0 aromatic heterocycles. The molecule has 0 saturated heterocycles. The van der Waals surface area contributed by atoms with Crippen molar-refractivity contribution in [2.75, 3.05) is 32.1 Å². The minimum atomic E-state index is -0.713. The summed E-state index contributed by atoms with van der Waals surface area (Å²) >= 11 is 0. The summed E-state index contributed by atoms with van der Waals surface area (Å²) in [5.41, 5.74) is 1.59. The zero-order valence-electron chi connectivity index (χ0n) is 12.5. The lowest BCUT2D eigenvalue weighted by atomic mass is 10.0. The summed E-state index contributed by atoms with van der Waals surface area (Å²) in [6.45, 7) is 6.67. The number of carbonyl (C=O) groups is 1. The maximum absolute atomic E-state index is 12.0. The van der Waals surface area contributed by atoms with E-state index in [9.17, 15) is 4.79 Å². The molecule has 1 atom stereocenters. The molecule has 106 valence electrons. The first-order chi connectivity index (χ1) is 8.92. The maximum Gasteiger partial charge on any atom is 0.327 e. The second kappa shape index (κ2) is 6.57. The molecular formula is C15H24N2O2. The molecule has 0 heterocycles. The highest BCUT2D eigenvalue weighted by atomic mass is 16.5. The number of hydrogen-bond donors (Lipinski definition) is 1. The molecule has 0 aliphatic carbocycles. The van der Waals surface area contributed by atoms with Crippen LogP contribution >= 0.6 is 0 Å². The summed E-state index contributed by atoms with van der Waals surface area (Å²) in [5.74, 6) is -0.225. The van der Waals surface area contributed by atoms with Crippen molar-refractivity contribution < 1.29 is 9.53 Å². The molecule has 0 saturated carbocycles. The summed E-state index contributed by atoms with van der Waals surface area (Å²) in [5, 5.41) is 3.06. The molecule has 1 aromatic rings. The van der Waals surface area contributed by atoms with Crippen LogP contribution in [0.4, 0.5) is 5.69 Å². The number of benzene rings is 1. The summed E-state index contributed by atoms with van der Waals surface area (Å²) in [7, 11) is 3.75. The van der Waals surface area contributed by atoms with Crippen molar-refractivity contribution >= 4 is 11.7 Å². The van der Waals surface area contributed by atoms with Gasteiger partial charge < -0.3 is 15.0 Å². The molecule has 0 spiro atoms. The Hall–Kier alpha value is -1.55. The van der Waals surface area contributed by atoms with Crippen molar-refractivity contribution in [1.29, 1.82) is 0 Å². The van der Waals surface area contributed by atoms with E-state index in [0.717, 1.165) is 5.69 Å². The van der Waals surface area contributed by atoms with E-state index >= 15 is 0 Å². The van der Waals surface area contributed by atoms with Gasteiger partial charge in [-0.3, -0.25) is 0 Å². The van der Waals surface area contributed by atoms with Gasteiger partial charge in [-0.05, 0) is 40.0 Å². The molecule has 1 aromatic carbocycles. The van der Waals surface area contributed by atoms with Gasteiger partial charge >= 0.3 is 5.97 Å². The largest absolute Gasteiger partial charge is 0.465 e. The second-order valence-corrected chi connectivity index (χ2v) is 4.99. The molecule has 0 radical (unpaired) electrons. The van der Waals surface area contributed by atoms with E-state index in [0.29, 0.717) is 13.2 Å². The summed E-state index contributed by atoms with van der Waals surface area (Å²) in [4.78, 5) is 14.1. The van der Waals surface area contributed by atoms with Crippen molar-refractivity contribution in [1.82, 2.24) is 5.32 Å². The van der Waals surface area contributed by atoms with Crippen LogP contribution in [0.3, 0.4) is 0 Å². The van der Waals surface area contributed by atoms with E-state index in [1.165, 1.54) is 5.56 Å². The highest BCUT2D eigenvalue weighted by Crippen LogP contribution is 2.17. The molecule has 1 N–H and O–H groups in total. The number of ether oxygens (including phenoxy) is 1. The number of likely N-dealkylation sites (N-methyl/N-ethyl adjacent to an activating group) is 2. The van der Waals surface area contributed by atoms with Crippen LogP contribution in [-0.4, -0.2) is 38.8 Å². The van der Waals surface area contributed by atoms with Crippen LogP contribution in [0.25, 0.3) is 0 Å². The van der Waals surface area contributed by atoms with Crippen LogP contribution in [0.15, 0.2) is 24.3 Å².